The van der Waals surface area contributed by atoms with Crippen molar-refractivity contribution in [3.05, 3.63) is 29.8 Å². The van der Waals surface area contributed by atoms with Crippen molar-refractivity contribution in [2.75, 3.05) is 18.4 Å². The summed E-state index contributed by atoms with van der Waals surface area (Å²) >= 11 is 0. The lowest BCUT2D eigenvalue weighted by Gasteiger charge is -2.36. The molecule has 0 bridgehead atoms. The standard InChI is InChI=1S/C22H28N4O4/c1-15-6-2-3-10-22(15)20(29)26(21(30)24-22)14-18(27)23-17-8-4-7-16(12-17)13-25-11-5-9-19(25)28/h4,7-8,12,15H,2-3,5-6,9-11,13-14H2,1H3,(H,23,27)(H,24,30)/t15-,22-/m0/s1. The lowest BCUT2D eigenvalue weighted by Crippen LogP contribution is -2.54. The van der Waals surface area contributed by atoms with E-state index in [1.165, 1.54) is 0 Å². The summed E-state index contributed by atoms with van der Waals surface area (Å²) in [6.07, 6.45) is 4.91. The summed E-state index contributed by atoms with van der Waals surface area (Å²) in [5.41, 5.74) is 0.641. The fourth-order valence-electron chi connectivity index (χ4n) is 4.82. The molecule has 4 rings (SSSR count). The number of likely N-dealkylation sites (tertiary alicyclic amines) is 1. The molecular formula is C22H28N4O4. The van der Waals surface area contributed by atoms with Crippen LogP contribution < -0.4 is 10.6 Å². The molecule has 1 spiro atoms. The Balaban J connectivity index is 1.39. The number of hydrogen-bond donors (Lipinski definition) is 2. The number of amides is 5. The Morgan fingerprint density at radius 1 is 1.23 bits per heavy atom. The number of imide groups is 1. The van der Waals surface area contributed by atoms with E-state index in [-0.39, 0.29) is 24.3 Å². The van der Waals surface area contributed by atoms with Crippen molar-refractivity contribution in [3.63, 3.8) is 0 Å². The van der Waals surface area contributed by atoms with E-state index in [9.17, 15) is 19.2 Å². The van der Waals surface area contributed by atoms with Crippen LogP contribution in [-0.4, -0.2) is 52.2 Å². The van der Waals surface area contributed by atoms with Crippen molar-refractivity contribution in [1.29, 1.82) is 0 Å². The minimum absolute atomic E-state index is 0.0562. The van der Waals surface area contributed by atoms with Crippen LogP contribution in [0.2, 0.25) is 0 Å². The SMILES string of the molecule is C[C@H]1CCCC[C@]12NC(=O)N(CC(=O)Nc1cccc(CN3CCCC3=O)c1)C2=O. The van der Waals surface area contributed by atoms with Gasteiger partial charge in [-0.2, -0.15) is 0 Å². The molecule has 1 aromatic rings. The highest BCUT2D eigenvalue weighted by Gasteiger charge is 2.55. The predicted octanol–water partition coefficient (Wildman–Crippen LogP) is 2.25. The Kier molecular flexibility index (Phi) is 5.49. The summed E-state index contributed by atoms with van der Waals surface area (Å²) in [6.45, 7) is 2.93. The third kappa shape index (κ3) is 3.78. The third-order valence-corrected chi connectivity index (χ3v) is 6.56. The number of nitrogens with zero attached hydrogens (tertiary/aromatic N) is 2. The van der Waals surface area contributed by atoms with Crippen LogP contribution in [0.4, 0.5) is 10.5 Å². The Bertz CT molecular complexity index is 886. The number of hydrogen-bond acceptors (Lipinski definition) is 4. The average molecular weight is 412 g/mol. The van der Waals surface area contributed by atoms with Crippen molar-refractivity contribution in [1.82, 2.24) is 15.1 Å². The molecule has 2 aliphatic heterocycles. The van der Waals surface area contributed by atoms with Crippen molar-refractivity contribution in [3.8, 4) is 0 Å². The summed E-state index contributed by atoms with van der Waals surface area (Å²) < 4.78 is 0. The topological polar surface area (TPSA) is 98.8 Å². The second-order valence-electron chi connectivity index (χ2n) is 8.61. The first-order chi connectivity index (χ1) is 14.4. The number of rotatable bonds is 5. The first-order valence-corrected chi connectivity index (χ1v) is 10.7. The first kappa shape index (κ1) is 20.4. The van der Waals surface area contributed by atoms with Crippen molar-refractivity contribution < 1.29 is 19.2 Å². The highest BCUT2D eigenvalue weighted by molar-refractivity contribution is 6.10. The highest BCUT2D eigenvalue weighted by Crippen LogP contribution is 2.38. The molecule has 8 heteroatoms. The second-order valence-corrected chi connectivity index (χ2v) is 8.61. The van der Waals surface area contributed by atoms with Gasteiger partial charge in [0.15, 0.2) is 0 Å². The van der Waals surface area contributed by atoms with Gasteiger partial charge < -0.3 is 15.5 Å². The van der Waals surface area contributed by atoms with Gasteiger partial charge in [0, 0.05) is 25.2 Å². The van der Waals surface area contributed by atoms with Crippen LogP contribution in [0.25, 0.3) is 0 Å². The van der Waals surface area contributed by atoms with Crippen LogP contribution in [0, 0.1) is 5.92 Å². The number of anilines is 1. The zero-order valence-corrected chi connectivity index (χ0v) is 17.3. The van der Waals surface area contributed by atoms with E-state index in [0.717, 1.165) is 42.7 Å². The van der Waals surface area contributed by atoms with Gasteiger partial charge >= 0.3 is 6.03 Å². The van der Waals surface area contributed by atoms with E-state index < -0.39 is 17.5 Å². The Morgan fingerprint density at radius 2 is 2.07 bits per heavy atom. The monoisotopic (exact) mass is 412 g/mol. The summed E-state index contributed by atoms with van der Waals surface area (Å²) in [6, 6.07) is 6.81. The zero-order valence-electron chi connectivity index (χ0n) is 17.3. The van der Waals surface area contributed by atoms with E-state index in [0.29, 0.717) is 25.1 Å². The van der Waals surface area contributed by atoms with E-state index in [1.54, 1.807) is 11.0 Å². The normalized spacial score (nSPS) is 26.4. The molecular weight excluding hydrogens is 384 g/mol. The molecule has 1 aromatic carbocycles. The molecule has 2 saturated heterocycles. The van der Waals surface area contributed by atoms with Crippen molar-refractivity contribution in [2.24, 2.45) is 5.92 Å². The molecule has 3 fully saturated rings. The maximum atomic E-state index is 13.0. The van der Waals surface area contributed by atoms with Crippen LogP contribution in [0.5, 0.6) is 0 Å². The summed E-state index contributed by atoms with van der Waals surface area (Å²) in [4.78, 5) is 52.7. The number of carbonyl (C=O) groups excluding carboxylic acids is 4. The molecule has 2 atom stereocenters. The fraction of sp³-hybridized carbons (Fsp3) is 0.545. The van der Waals surface area contributed by atoms with Gasteiger partial charge in [-0.3, -0.25) is 19.3 Å². The molecule has 0 radical (unpaired) electrons. The lowest BCUT2D eigenvalue weighted by atomic mass is 9.73. The maximum absolute atomic E-state index is 13.0. The first-order valence-electron chi connectivity index (χ1n) is 10.7. The predicted molar refractivity (Wildman–Crippen MR) is 110 cm³/mol. The number of urea groups is 1. The minimum atomic E-state index is -0.863. The smallest absolute Gasteiger partial charge is 0.325 e. The molecule has 1 aliphatic carbocycles. The van der Waals surface area contributed by atoms with Gasteiger partial charge in [0.1, 0.15) is 12.1 Å². The van der Waals surface area contributed by atoms with Crippen LogP contribution >= 0.6 is 0 Å². The van der Waals surface area contributed by atoms with Crippen molar-refractivity contribution >= 4 is 29.4 Å². The van der Waals surface area contributed by atoms with Gasteiger partial charge in [0.05, 0.1) is 0 Å². The second kappa shape index (κ2) is 8.08. The maximum Gasteiger partial charge on any atom is 0.325 e. The summed E-state index contributed by atoms with van der Waals surface area (Å²) in [5, 5.41) is 5.63. The van der Waals surface area contributed by atoms with Gasteiger partial charge in [0.25, 0.3) is 5.91 Å². The molecule has 1 saturated carbocycles. The average Bonchev–Trinajstić information content (AvgIpc) is 3.21. The molecule has 0 unspecified atom stereocenters. The molecule has 3 aliphatic rings. The molecule has 30 heavy (non-hydrogen) atoms. The number of carbonyl (C=O) groups is 4. The zero-order chi connectivity index (χ0) is 21.3. The van der Waals surface area contributed by atoms with Gasteiger partial charge in [-0.15, -0.1) is 0 Å². The molecule has 5 amide bonds. The molecule has 8 nitrogen and oxygen atoms in total. The Labute approximate surface area is 176 Å². The van der Waals surface area contributed by atoms with E-state index in [2.05, 4.69) is 10.6 Å². The van der Waals surface area contributed by atoms with Crippen LogP contribution in [0.3, 0.4) is 0 Å². The van der Waals surface area contributed by atoms with Gasteiger partial charge in [0.2, 0.25) is 11.8 Å². The lowest BCUT2D eigenvalue weighted by molar-refractivity contribution is -0.136. The van der Waals surface area contributed by atoms with Gasteiger partial charge in [-0.1, -0.05) is 31.9 Å². The summed E-state index contributed by atoms with van der Waals surface area (Å²) in [5.74, 6) is -0.515. The molecule has 2 heterocycles. The Morgan fingerprint density at radius 3 is 2.80 bits per heavy atom. The van der Waals surface area contributed by atoms with Crippen LogP contribution in [-0.2, 0) is 20.9 Å². The van der Waals surface area contributed by atoms with E-state index >= 15 is 0 Å². The van der Waals surface area contributed by atoms with Gasteiger partial charge in [-0.25, -0.2) is 4.79 Å². The minimum Gasteiger partial charge on any atom is -0.338 e. The Hall–Kier alpha value is -2.90. The van der Waals surface area contributed by atoms with E-state index in [1.807, 2.05) is 25.1 Å². The molecule has 160 valence electrons. The number of benzene rings is 1. The molecule has 0 aromatic heterocycles. The van der Waals surface area contributed by atoms with Crippen LogP contribution in [0.15, 0.2) is 24.3 Å². The summed E-state index contributed by atoms with van der Waals surface area (Å²) in [7, 11) is 0. The molecule has 2 N–H and O–H groups in total. The quantitative estimate of drug-likeness (QED) is 0.725. The van der Waals surface area contributed by atoms with E-state index in [4.69, 9.17) is 0 Å². The fourth-order valence-corrected chi connectivity index (χ4v) is 4.82. The van der Waals surface area contributed by atoms with Crippen molar-refractivity contribution in [2.45, 2.75) is 57.5 Å². The third-order valence-electron chi connectivity index (χ3n) is 6.56. The van der Waals surface area contributed by atoms with Crippen LogP contribution in [0.1, 0.15) is 51.0 Å². The van der Waals surface area contributed by atoms with Gasteiger partial charge in [-0.05, 0) is 42.9 Å². The number of nitrogens with one attached hydrogen (secondary N) is 2. The highest BCUT2D eigenvalue weighted by atomic mass is 16.2. The largest absolute Gasteiger partial charge is 0.338 e.